The summed E-state index contributed by atoms with van der Waals surface area (Å²) in [6.45, 7) is 2.16. The molecule has 2 saturated carbocycles. The van der Waals surface area contributed by atoms with Crippen molar-refractivity contribution in [3.63, 3.8) is 0 Å². The Morgan fingerprint density at radius 3 is 2.73 bits per heavy atom. The van der Waals surface area contributed by atoms with Crippen LogP contribution in [0.4, 0.5) is 0 Å². The standard InChI is InChI=1S/C19H24O3/c1-19-10-16(22-2)18-13-6-4-12(20)9-11(13)3-5-14(18)15(19)7-8-17(19)21/h9,14-16H,3-8,10H2,1-2H3/t14-,15-,16-,19-/m0/s1. The fourth-order valence-electron chi connectivity index (χ4n) is 5.57. The maximum atomic E-state index is 12.5. The molecule has 4 aliphatic rings. The van der Waals surface area contributed by atoms with Crippen LogP contribution in [0.5, 0.6) is 0 Å². The Labute approximate surface area is 131 Å². The van der Waals surface area contributed by atoms with Crippen molar-refractivity contribution >= 4 is 11.6 Å². The predicted molar refractivity (Wildman–Crippen MR) is 83.3 cm³/mol. The number of carbonyl (C=O) groups excluding carboxylic acids is 2. The summed E-state index contributed by atoms with van der Waals surface area (Å²) in [6, 6.07) is 0. The van der Waals surface area contributed by atoms with E-state index in [1.54, 1.807) is 7.11 Å². The molecule has 4 rings (SSSR count). The molecule has 3 heteroatoms. The van der Waals surface area contributed by atoms with Gasteiger partial charge in [-0.2, -0.15) is 0 Å². The van der Waals surface area contributed by atoms with E-state index in [0.29, 0.717) is 24.0 Å². The summed E-state index contributed by atoms with van der Waals surface area (Å²) in [4.78, 5) is 24.2. The number of fused-ring (bicyclic) bond motifs is 4. The molecule has 0 aromatic rings. The number of ether oxygens (including phenoxy) is 1. The van der Waals surface area contributed by atoms with Crippen LogP contribution in [-0.2, 0) is 14.3 Å². The quantitative estimate of drug-likeness (QED) is 0.745. The number of Topliss-reactive ketones (excluding diaryl/α,β-unsaturated/α-hetero) is 1. The molecule has 22 heavy (non-hydrogen) atoms. The Morgan fingerprint density at radius 2 is 1.95 bits per heavy atom. The summed E-state index contributed by atoms with van der Waals surface area (Å²) >= 11 is 0. The molecule has 0 bridgehead atoms. The van der Waals surface area contributed by atoms with Crippen molar-refractivity contribution in [1.82, 2.24) is 0 Å². The second-order valence-corrected chi connectivity index (χ2v) is 7.63. The van der Waals surface area contributed by atoms with Crippen molar-refractivity contribution in [2.24, 2.45) is 17.3 Å². The lowest BCUT2D eigenvalue weighted by atomic mass is 9.56. The van der Waals surface area contributed by atoms with Gasteiger partial charge in [-0.15, -0.1) is 0 Å². The van der Waals surface area contributed by atoms with Crippen molar-refractivity contribution in [2.75, 3.05) is 7.11 Å². The molecule has 4 aliphatic carbocycles. The highest BCUT2D eigenvalue weighted by atomic mass is 16.5. The van der Waals surface area contributed by atoms with Crippen LogP contribution in [-0.4, -0.2) is 24.8 Å². The summed E-state index contributed by atoms with van der Waals surface area (Å²) in [5.74, 6) is 1.66. The molecule has 0 spiro atoms. The Bertz CT molecular complexity index is 612. The zero-order chi connectivity index (χ0) is 15.5. The van der Waals surface area contributed by atoms with Gasteiger partial charge in [-0.25, -0.2) is 0 Å². The fraction of sp³-hybridized carbons (Fsp3) is 0.684. The van der Waals surface area contributed by atoms with Gasteiger partial charge in [0.1, 0.15) is 5.78 Å². The SMILES string of the molecule is CO[C@H]1C[C@]2(C)C(=O)CC[C@H]2[C@@H]2CCC3=CC(=O)CCC3=C12. The van der Waals surface area contributed by atoms with Crippen molar-refractivity contribution in [2.45, 2.75) is 58.0 Å². The van der Waals surface area contributed by atoms with Gasteiger partial charge in [0.05, 0.1) is 6.10 Å². The van der Waals surface area contributed by atoms with Gasteiger partial charge in [0.2, 0.25) is 0 Å². The van der Waals surface area contributed by atoms with E-state index in [2.05, 4.69) is 6.92 Å². The first-order chi connectivity index (χ1) is 10.5. The van der Waals surface area contributed by atoms with Gasteiger partial charge in [0.25, 0.3) is 0 Å². The zero-order valence-electron chi connectivity index (χ0n) is 13.5. The Balaban J connectivity index is 1.83. The smallest absolute Gasteiger partial charge is 0.156 e. The lowest BCUT2D eigenvalue weighted by Gasteiger charge is -2.49. The van der Waals surface area contributed by atoms with Crippen LogP contribution >= 0.6 is 0 Å². The second kappa shape index (κ2) is 4.89. The lowest BCUT2D eigenvalue weighted by Crippen LogP contribution is -2.46. The third-order valence-electron chi connectivity index (χ3n) is 6.68. The fourth-order valence-corrected chi connectivity index (χ4v) is 5.57. The second-order valence-electron chi connectivity index (χ2n) is 7.63. The maximum Gasteiger partial charge on any atom is 0.156 e. The third-order valence-corrected chi connectivity index (χ3v) is 6.68. The van der Waals surface area contributed by atoms with Crippen LogP contribution in [0.25, 0.3) is 0 Å². The molecule has 0 aromatic heterocycles. The van der Waals surface area contributed by atoms with Crippen molar-refractivity contribution in [1.29, 1.82) is 0 Å². The van der Waals surface area contributed by atoms with E-state index >= 15 is 0 Å². The molecule has 0 unspecified atom stereocenters. The number of hydrogen-bond donors (Lipinski definition) is 0. The first-order valence-corrected chi connectivity index (χ1v) is 8.57. The van der Waals surface area contributed by atoms with Gasteiger partial charge >= 0.3 is 0 Å². The molecule has 4 atom stereocenters. The molecule has 0 aromatic carbocycles. The number of hydrogen-bond acceptors (Lipinski definition) is 3. The molecule has 0 amide bonds. The minimum atomic E-state index is -0.193. The lowest BCUT2D eigenvalue weighted by molar-refractivity contribution is -0.130. The monoisotopic (exact) mass is 300 g/mol. The molecule has 0 N–H and O–H groups in total. The molecule has 0 aliphatic heterocycles. The number of carbonyl (C=O) groups is 2. The van der Waals surface area contributed by atoms with Gasteiger partial charge in [-0.3, -0.25) is 9.59 Å². The van der Waals surface area contributed by atoms with Crippen LogP contribution in [0.15, 0.2) is 22.8 Å². The minimum Gasteiger partial charge on any atom is -0.377 e. The van der Waals surface area contributed by atoms with E-state index < -0.39 is 0 Å². The van der Waals surface area contributed by atoms with Crippen LogP contribution in [0.2, 0.25) is 0 Å². The van der Waals surface area contributed by atoms with E-state index in [9.17, 15) is 9.59 Å². The van der Waals surface area contributed by atoms with Gasteiger partial charge in [0.15, 0.2) is 5.78 Å². The number of allylic oxidation sites excluding steroid dienone is 3. The Kier molecular flexibility index (Phi) is 3.19. The van der Waals surface area contributed by atoms with Gasteiger partial charge in [-0.05, 0) is 66.7 Å². The third kappa shape index (κ3) is 1.84. The molecular formula is C19H24O3. The highest BCUT2D eigenvalue weighted by molar-refractivity contribution is 5.93. The Morgan fingerprint density at radius 1 is 1.14 bits per heavy atom. The first-order valence-electron chi connectivity index (χ1n) is 8.57. The molecule has 0 heterocycles. The van der Waals surface area contributed by atoms with Crippen molar-refractivity contribution < 1.29 is 14.3 Å². The average Bonchev–Trinajstić information content (AvgIpc) is 2.81. The van der Waals surface area contributed by atoms with E-state index in [1.807, 2.05) is 6.08 Å². The van der Waals surface area contributed by atoms with E-state index in [-0.39, 0.29) is 17.3 Å². The topological polar surface area (TPSA) is 43.4 Å². The summed E-state index contributed by atoms with van der Waals surface area (Å²) in [6.07, 6.45) is 8.08. The van der Waals surface area contributed by atoms with E-state index in [4.69, 9.17) is 4.74 Å². The number of methoxy groups -OCH3 is 1. The highest BCUT2D eigenvalue weighted by Gasteiger charge is 2.56. The molecule has 2 fully saturated rings. The minimum absolute atomic E-state index is 0.0557. The van der Waals surface area contributed by atoms with Crippen molar-refractivity contribution in [3.05, 3.63) is 22.8 Å². The summed E-state index contributed by atoms with van der Waals surface area (Å²) in [5.41, 5.74) is 3.88. The maximum absolute atomic E-state index is 12.5. The first kappa shape index (κ1) is 14.4. The van der Waals surface area contributed by atoms with E-state index in [0.717, 1.165) is 38.5 Å². The summed E-state index contributed by atoms with van der Waals surface area (Å²) < 4.78 is 5.84. The molecule has 0 saturated heterocycles. The molecule has 3 nitrogen and oxygen atoms in total. The zero-order valence-corrected chi connectivity index (χ0v) is 13.5. The largest absolute Gasteiger partial charge is 0.377 e. The molecule has 118 valence electrons. The van der Waals surface area contributed by atoms with Crippen LogP contribution in [0.1, 0.15) is 51.9 Å². The normalized spacial score (nSPS) is 41.0. The molecular weight excluding hydrogens is 276 g/mol. The summed E-state index contributed by atoms with van der Waals surface area (Å²) in [7, 11) is 1.77. The average molecular weight is 300 g/mol. The number of rotatable bonds is 1. The Hall–Kier alpha value is -1.22. The highest BCUT2D eigenvalue weighted by Crippen LogP contribution is 2.59. The van der Waals surface area contributed by atoms with Crippen LogP contribution < -0.4 is 0 Å². The van der Waals surface area contributed by atoms with Gasteiger partial charge in [0, 0.05) is 25.4 Å². The van der Waals surface area contributed by atoms with Crippen LogP contribution in [0, 0.1) is 17.3 Å². The van der Waals surface area contributed by atoms with Gasteiger partial charge < -0.3 is 4.74 Å². The molecule has 0 radical (unpaired) electrons. The summed E-state index contributed by atoms with van der Waals surface area (Å²) in [5, 5.41) is 0. The van der Waals surface area contributed by atoms with Crippen molar-refractivity contribution in [3.8, 4) is 0 Å². The van der Waals surface area contributed by atoms with Crippen LogP contribution in [0.3, 0.4) is 0 Å². The predicted octanol–water partition coefficient (Wildman–Crippen LogP) is 3.39. The van der Waals surface area contributed by atoms with E-state index in [1.165, 1.54) is 16.7 Å². The number of ketones is 2. The van der Waals surface area contributed by atoms with Gasteiger partial charge in [-0.1, -0.05) is 6.92 Å².